The van der Waals surface area contributed by atoms with Crippen LogP contribution in [0, 0.1) is 11.3 Å². The zero-order valence-corrected chi connectivity index (χ0v) is 11.6. The molecule has 0 saturated carbocycles. The Hall–Kier alpha value is -2.33. The van der Waals surface area contributed by atoms with Crippen molar-refractivity contribution in [2.24, 2.45) is 0 Å². The zero-order chi connectivity index (χ0) is 14.0. The predicted octanol–water partition coefficient (Wildman–Crippen LogP) is 5.21. The number of hydrogen-bond donors (Lipinski definition) is 0. The molecule has 0 atom stereocenters. The highest BCUT2D eigenvalue weighted by Crippen LogP contribution is 2.21. The van der Waals surface area contributed by atoms with E-state index in [0.29, 0.717) is 0 Å². The van der Waals surface area contributed by atoms with Crippen molar-refractivity contribution in [2.75, 3.05) is 0 Å². The van der Waals surface area contributed by atoms with Gasteiger partial charge in [0.2, 0.25) is 0 Å². The van der Waals surface area contributed by atoms with E-state index in [-0.39, 0.29) is 0 Å². The molecule has 1 aliphatic rings. The van der Waals surface area contributed by atoms with Crippen LogP contribution in [0.2, 0.25) is 0 Å². The highest BCUT2D eigenvalue weighted by atomic mass is 14.2. The van der Waals surface area contributed by atoms with Crippen molar-refractivity contribution in [1.29, 1.82) is 5.26 Å². The Balaban J connectivity index is 2.21. The maximum absolute atomic E-state index is 8.59. The number of nitrogens with zero attached hydrogens (tertiary/aromatic N) is 1. The predicted molar refractivity (Wildman–Crippen MR) is 84.9 cm³/mol. The van der Waals surface area contributed by atoms with Crippen molar-refractivity contribution in [1.82, 2.24) is 0 Å². The molecule has 0 aromatic heterocycles. The molecule has 1 aromatic carbocycles. The Kier molecular flexibility index (Phi) is 5.61. The lowest BCUT2D eigenvalue weighted by molar-refractivity contribution is 0.712. The molecule has 100 valence electrons. The van der Waals surface area contributed by atoms with Crippen LogP contribution in [0.15, 0.2) is 72.4 Å². The fourth-order valence-corrected chi connectivity index (χ4v) is 2.28. The molecular weight excluding hydrogens is 242 g/mol. The van der Waals surface area contributed by atoms with Crippen molar-refractivity contribution in [3.05, 3.63) is 77.9 Å². The second-order valence-corrected chi connectivity index (χ2v) is 4.83. The van der Waals surface area contributed by atoms with E-state index in [1.54, 1.807) is 6.08 Å². The van der Waals surface area contributed by atoms with Crippen LogP contribution in [0.1, 0.15) is 31.2 Å². The van der Waals surface area contributed by atoms with E-state index in [2.05, 4.69) is 30.4 Å². The standard InChI is InChI=1S/C19H19N/c20-16-8-7-13-19(18-11-5-2-6-12-18)15-14-17-9-3-1-4-10-17/h2,5-9,11-15H,1,3-4,10H2/b8-7+,15-14+,19-13-. The minimum atomic E-state index is 1.13. The molecule has 20 heavy (non-hydrogen) atoms. The second-order valence-electron chi connectivity index (χ2n) is 4.83. The Morgan fingerprint density at radius 3 is 2.70 bits per heavy atom. The van der Waals surface area contributed by atoms with Gasteiger partial charge in [0.05, 0.1) is 6.07 Å². The number of rotatable bonds is 4. The third-order valence-electron chi connectivity index (χ3n) is 3.36. The van der Waals surface area contributed by atoms with Crippen molar-refractivity contribution in [3.8, 4) is 6.07 Å². The lowest BCUT2D eigenvalue weighted by Crippen LogP contribution is -1.88. The van der Waals surface area contributed by atoms with E-state index < -0.39 is 0 Å². The second kappa shape index (κ2) is 7.96. The summed E-state index contributed by atoms with van der Waals surface area (Å²) in [4.78, 5) is 0. The normalized spacial score (nSPS) is 16.4. The van der Waals surface area contributed by atoms with Gasteiger partial charge in [-0.3, -0.25) is 0 Å². The first-order chi connectivity index (χ1) is 9.90. The van der Waals surface area contributed by atoms with Gasteiger partial charge in [0, 0.05) is 6.08 Å². The van der Waals surface area contributed by atoms with Crippen LogP contribution in [0.25, 0.3) is 5.57 Å². The molecule has 0 spiro atoms. The van der Waals surface area contributed by atoms with E-state index in [0.717, 1.165) is 5.57 Å². The van der Waals surface area contributed by atoms with Gasteiger partial charge in [-0.15, -0.1) is 0 Å². The summed E-state index contributed by atoms with van der Waals surface area (Å²) in [6.07, 6.45) is 16.9. The molecule has 2 rings (SSSR count). The summed E-state index contributed by atoms with van der Waals surface area (Å²) < 4.78 is 0. The highest BCUT2D eigenvalue weighted by Gasteiger charge is 2.01. The van der Waals surface area contributed by atoms with E-state index in [9.17, 15) is 0 Å². The molecule has 0 unspecified atom stereocenters. The van der Waals surface area contributed by atoms with Crippen molar-refractivity contribution >= 4 is 5.57 Å². The lowest BCUT2D eigenvalue weighted by atomic mass is 9.97. The number of allylic oxidation sites excluding steroid dienone is 8. The van der Waals surface area contributed by atoms with Crippen molar-refractivity contribution in [3.63, 3.8) is 0 Å². The average Bonchev–Trinajstić information content (AvgIpc) is 2.52. The first-order valence-electron chi connectivity index (χ1n) is 7.09. The summed E-state index contributed by atoms with van der Waals surface area (Å²) in [5.41, 5.74) is 3.72. The Morgan fingerprint density at radius 2 is 2.00 bits per heavy atom. The molecule has 1 aliphatic carbocycles. The molecule has 0 saturated heterocycles. The summed E-state index contributed by atoms with van der Waals surface area (Å²) in [6.45, 7) is 0. The van der Waals surface area contributed by atoms with Crippen LogP contribution in [0.4, 0.5) is 0 Å². The van der Waals surface area contributed by atoms with Crippen LogP contribution < -0.4 is 0 Å². The van der Waals surface area contributed by atoms with Crippen LogP contribution in [0.5, 0.6) is 0 Å². The molecule has 0 radical (unpaired) electrons. The summed E-state index contributed by atoms with van der Waals surface area (Å²) >= 11 is 0. The van der Waals surface area contributed by atoms with Gasteiger partial charge in [0.15, 0.2) is 0 Å². The number of nitriles is 1. The maximum atomic E-state index is 8.59. The van der Waals surface area contributed by atoms with Crippen molar-refractivity contribution in [2.45, 2.75) is 25.7 Å². The van der Waals surface area contributed by atoms with Gasteiger partial charge in [-0.05, 0) is 36.8 Å². The van der Waals surface area contributed by atoms with Gasteiger partial charge in [-0.25, -0.2) is 0 Å². The molecule has 1 heteroatoms. The molecular formula is C19H19N. The van der Waals surface area contributed by atoms with Crippen LogP contribution in [0.3, 0.4) is 0 Å². The SMILES string of the molecule is N#C/C=C/C=C(/C=C/C1=CCCCC1)c1ccccc1. The third kappa shape index (κ3) is 4.40. The molecule has 0 fully saturated rings. The maximum Gasteiger partial charge on any atom is 0.0912 e. The van der Waals surface area contributed by atoms with Crippen LogP contribution in [-0.4, -0.2) is 0 Å². The van der Waals surface area contributed by atoms with Crippen LogP contribution >= 0.6 is 0 Å². The highest BCUT2D eigenvalue weighted by molar-refractivity contribution is 5.75. The Morgan fingerprint density at radius 1 is 1.15 bits per heavy atom. The minimum Gasteiger partial charge on any atom is -0.193 e. The van der Waals surface area contributed by atoms with Gasteiger partial charge in [0.1, 0.15) is 0 Å². The Bertz CT molecular complexity index is 580. The topological polar surface area (TPSA) is 23.8 Å². The lowest BCUT2D eigenvalue weighted by Gasteiger charge is -2.08. The molecule has 0 heterocycles. The molecule has 0 N–H and O–H groups in total. The number of benzene rings is 1. The summed E-state index contributed by atoms with van der Waals surface area (Å²) in [7, 11) is 0. The minimum absolute atomic E-state index is 1.13. The smallest absolute Gasteiger partial charge is 0.0912 e. The first-order valence-corrected chi connectivity index (χ1v) is 7.09. The average molecular weight is 261 g/mol. The van der Waals surface area contributed by atoms with E-state index in [4.69, 9.17) is 5.26 Å². The summed E-state index contributed by atoms with van der Waals surface area (Å²) in [5.74, 6) is 0. The third-order valence-corrected chi connectivity index (χ3v) is 3.36. The Labute approximate surface area is 121 Å². The van der Waals surface area contributed by atoms with Gasteiger partial charge in [-0.1, -0.05) is 66.3 Å². The largest absolute Gasteiger partial charge is 0.193 e. The van der Waals surface area contributed by atoms with E-state index in [1.165, 1.54) is 42.9 Å². The van der Waals surface area contributed by atoms with E-state index >= 15 is 0 Å². The molecule has 1 nitrogen and oxygen atoms in total. The molecule has 0 aliphatic heterocycles. The summed E-state index contributed by atoms with van der Waals surface area (Å²) in [5, 5.41) is 8.59. The molecule has 0 amide bonds. The zero-order valence-electron chi connectivity index (χ0n) is 11.6. The van der Waals surface area contributed by atoms with Gasteiger partial charge < -0.3 is 0 Å². The summed E-state index contributed by atoms with van der Waals surface area (Å²) in [6, 6.07) is 12.3. The van der Waals surface area contributed by atoms with Crippen LogP contribution in [-0.2, 0) is 0 Å². The monoisotopic (exact) mass is 261 g/mol. The van der Waals surface area contributed by atoms with Gasteiger partial charge in [0.25, 0.3) is 0 Å². The van der Waals surface area contributed by atoms with Crippen molar-refractivity contribution < 1.29 is 0 Å². The quantitative estimate of drug-likeness (QED) is 0.539. The fourth-order valence-electron chi connectivity index (χ4n) is 2.28. The van der Waals surface area contributed by atoms with E-state index in [1.807, 2.05) is 30.3 Å². The number of hydrogen-bond acceptors (Lipinski definition) is 1. The molecule has 1 aromatic rings. The van der Waals surface area contributed by atoms with Gasteiger partial charge in [-0.2, -0.15) is 5.26 Å². The van der Waals surface area contributed by atoms with Gasteiger partial charge >= 0.3 is 0 Å². The fraction of sp³-hybridized carbons (Fsp3) is 0.211. The molecule has 0 bridgehead atoms. The first kappa shape index (κ1) is 14.1.